The van der Waals surface area contributed by atoms with Crippen LogP contribution in [0, 0.1) is 6.92 Å². The maximum atomic E-state index is 11.9. The number of nitrogens with zero attached hydrogens (tertiary/aromatic N) is 2. The fourth-order valence-electron chi connectivity index (χ4n) is 1.33. The number of benzene rings is 1. The average Bonchev–Trinajstić information content (AvgIpc) is 2.32. The Morgan fingerprint density at radius 1 is 1.29 bits per heavy atom. The Labute approximate surface area is 107 Å². The highest BCUT2D eigenvalue weighted by atomic mass is 79.9. The number of aromatic nitrogens is 2. The number of carbonyl (C=O) groups is 1. The van der Waals surface area contributed by atoms with E-state index in [-0.39, 0.29) is 5.91 Å². The van der Waals surface area contributed by atoms with Crippen molar-refractivity contribution in [2.45, 2.75) is 6.92 Å². The van der Waals surface area contributed by atoms with Crippen LogP contribution in [-0.2, 0) is 0 Å². The second-order valence-corrected chi connectivity index (χ2v) is 4.33. The van der Waals surface area contributed by atoms with Crippen LogP contribution in [0.3, 0.4) is 0 Å². The molecule has 0 saturated carbocycles. The predicted molar refractivity (Wildman–Crippen MR) is 68.9 cm³/mol. The van der Waals surface area contributed by atoms with Gasteiger partial charge in [-0.3, -0.25) is 4.79 Å². The van der Waals surface area contributed by atoms with E-state index >= 15 is 0 Å². The molecule has 0 aliphatic rings. The van der Waals surface area contributed by atoms with Crippen molar-refractivity contribution in [3.05, 3.63) is 52.5 Å². The summed E-state index contributed by atoms with van der Waals surface area (Å²) in [5.41, 5.74) is 1.83. The van der Waals surface area contributed by atoms with Crippen molar-refractivity contribution in [3.8, 4) is 0 Å². The molecule has 2 aromatic rings. The van der Waals surface area contributed by atoms with Gasteiger partial charge in [0.25, 0.3) is 5.91 Å². The normalized spacial score (nSPS) is 10.0. The minimum atomic E-state index is -0.248. The SMILES string of the molecule is Cc1cc(C(=O)Nc2ccccc2Br)ncn1. The highest BCUT2D eigenvalue weighted by molar-refractivity contribution is 9.10. The Morgan fingerprint density at radius 2 is 2.06 bits per heavy atom. The van der Waals surface area contributed by atoms with Gasteiger partial charge in [-0.1, -0.05) is 12.1 Å². The molecule has 1 aromatic carbocycles. The summed E-state index contributed by atoms with van der Waals surface area (Å²) >= 11 is 3.36. The van der Waals surface area contributed by atoms with Crippen molar-refractivity contribution >= 4 is 27.5 Å². The standard InChI is InChI=1S/C12H10BrN3O/c1-8-6-11(15-7-14-8)12(17)16-10-5-3-2-4-9(10)13/h2-7H,1H3,(H,16,17). The number of amides is 1. The van der Waals surface area contributed by atoms with Crippen LogP contribution < -0.4 is 5.32 Å². The lowest BCUT2D eigenvalue weighted by atomic mass is 10.3. The van der Waals surface area contributed by atoms with Crippen LogP contribution >= 0.6 is 15.9 Å². The highest BCUT2D eigenvalue weighted by Crippen LogP contribution is 2.21. The molecule has 0 aliphatic heterocycles. The van der Waals surface area contributed by atoms with Gasteiger partial charge in [0.05, 0.1) is 5.69 Å². The third kappa shape index (κ3) is 2.88. The molecule has 17 heavy (non-hydrogen) atoms. The lowest BCUT2D eigenvalue weighted by Gasteiger charge is -2.06. The molecule has 0 unspecified atom stereocenters. The Morgan fingerprint density at radius 3 is 2.76 bits per heavy atom. The van der Waals surface area contributed by atoms with E-state index in [0.29, 0.717) is 11.4 Å². The van der Waals surface area contributed by atoms with Gasteiger partial charge in [-0.2, -0.15) is 0 Å². The van der Waals surface area contributed by atoms with Gasteiger partial charge in [0.15, 0.2) is 0 Å². The molecule has 1 amide bonds. The van der Waals surface area contributed by atoms with Gasteiger partial charge in [-0.05, 0) is 41.1 Å². The monoisotopic (exact) mass is 291 g/mol. The van der Waals surface area contributed by atoms with Gasteiger partial charge in [0, 0.05) is 10.2 Å². The van der Waals surface area contributed by atoms with Crippen molar-refractivity contribution < 1.29 is 4.79 Å². The number of hydrogen-bond donors (Lipinski definition) is 1. The Bertz CT molecular complexity index is 557. The average molecular weight is 292 g/mol. The number of rotatable bonds is 2. The predicted octanol–water partition coefficient (Wildman–Crippen LogP) is 2.80. The first kappa shape index (κ1) is 11.7. The van der Waals surface area contributed by atoms with E-state index in [0.717, 1.165) is 10.2 Å². The van der Waals surface area contributed by atoms with E-state index in [2.05, 4.69) is 31.2 Å². The number of para-hydroxylation sites is 1. The molecule has 0 aliphatic carbocycles. The summed E-state index contributed by atoms with van der Waals surface area (Å²) in [6, 6.07) is 9.06. The number of halogens is 1. The van der Waals surface area contributed by atoms with E-state index < -0.39 is 0 Å². The van der Waals surface area contributed by atoms with Crippen LogP contribution in [0.5, 0.6) is 0 Å². The number of nitrogens with one attached hydrogen (secondary N) is 1. The number of anilines is 1. The fourth-order valence-corrected chi connectivity index (χ4v) is 1.71. The molecule has 2 rings (SSSR count). The van der Waals surface area contributed by atoms with E-state index in [1.807, 2.05) is 31.2 Å². The van der Waals surface area contributed by atoms with Gasteiger partial charge < -0.3 is 5.32 Å². The number of aryl methyl sites for hydroxylation is 1. The van der Waals surface area contributed by atoms with Crippen LogP contribution in [0.15, 0.2) is 41.1 Å². The van der Waals surface area contributed by atoms with Crippen LogP contribution in [0.2, 0.25) is 0 Å². The van der Waals surface area contributed by atoms with Crippen molar-refractivity contribution in [2.75, 3.05) is 5.32 Å². The first-order valence-corrected chi connectivity index (χ1v) is 5.80. The van der Waals surface area contributed by atoms with E-state index in [4.69, 9.17) is 0 Å². The summed E-state index contributed by atoms with van der Waals surface area (Å²) in [4.78, 5) is 19.8. The van der Waals surface area contributed by atoms with E-state index in [9.17, 15) is 4.79 Å². The van der Waals surface area contributed by atoms with Crippen LogP contribution in [0.25, 0.3) is 0 Å². The van der Waals surface area contributed by atoms with Gasteiger partial charge in [0.1, 0.15) is 12.0 Å². The summed E-state index contributed by atoms with van der Waals surface area (Å²) in [6.07, 6.45) is 1.38. The van der Waals surface area contributed by atoms with Crippen molar-refractivity contribution in [3.63, 3.8) is 0 Å². The number of carbonyl (C=O) groups excluding carboxylic acids is 1. The zero-order chi connectivity index (χ0) is 12.3. The van der Waals surface area contributed by atoms with Gasteiger partial charge in [0.2, 0.25) is 0 Å². The molecule has 0 saturated heterocycles. The molecule has 4 nitrogen and oxygen atoms in total. The maximum Gasteiger partial charge on any atom is 0.274 e. The molecular formula is C12H10BrN3O. The Balaban J connectivity index is 2.20. The second kappa shape index (κ2) is 5.05. The molecule has 1 aromatic heterocycles. The summed E-state index contributed by atoms with van der Waals surface area (Å²) < 4.78 is 0.833. The molecule has 0 radical (unpaired) electrons. The van der Waals surface area contributed by atoms with E-state index in [1.165, 1.54) is 6.33 Å². The third-order valence-corrected chi connectivity index (χ3v) is 2.85. The smallest absolute Gasteiger partial charge is 0.274 e. The van der Waals surface area contributed by atoms with Gasteiger partial charge in [-0.15, -0.1) is 0 Å². The quantitative estimate of drug-likeness (QED) is 0.926. The van der Waals surface area contributed by atoms with Crippen LogP contribution in [-0.4, -0.2) is 15.9 Å². The lowest BCUT2D eigenvalue weighted by molar-refractivity contribution is 0.102. The molecule has 1 N–H and O–H groups in total. The maximum absolute atomic E-state index is 11.9. The summed E-state index contributed by atoms with van der Waals surface area (Å²) in [6.45, 7) is 1.82. The first-order chi connectivity index (χ1) is 8.16. The molecule has 86 valence electrons. The first-order valence-electron chi connectivity index (χ1n) is 5.01. The summed E-state index contributed by atoms with van der Waals surface area (Å²) in [7, 11) is 0. The largest absolute Gasteiger partial charge is 0.320 e. The molecule has 0 spiro atoms. The molecule has 0 fully saturated rings. The van der Waals surface area contributed by atoms with E-state index in [1.54, 1.807) is 6.07 Å². The Kier molecular flexibility index (Phi) is 3.49. The Hall–Kier alpha value is -1.75. The third-order valence-electron chi connectivity index (χ3n) is 2.16. The van der Waals surface area contributed by atoms with Crippen molar-refractivity contribution in [2.24, 2.45) is 0 Å². The topological polar surface area (TPSA) is 54.9 Å². The summed E-state index contributed by atoms with van der Waals surface area (Å²) in [5, 5.41) is 2.78. The minimum Gasteiger partial charge on any atom is -0.320 e. The van der Waals surface area contributed by atoms with Crippen LogP contribution in [0.4, 0.5) is 5.69 Å². The minimum absolute atomic E-state index is 0.248. The zero-order valence-corrected chi connectivity index (χ0v) is 10.7. The van der Waals surface area contributed by atoms with Crippen molar-refractivity contribution in [1.29, 1.82) is 0 Å². The molecular weight excluding hydrogens is 282 g/mol. The van der Waals surface area contributed by atoms with Gasteiger partial charge >= 0.3 is 0 Å². The van der Waals surface area contributed by atoms with Crippen molar-refractivity contribution in [1.82, 2.24) is 9.97 Å². The molecule has 0 bridgehead atoms. The molecule has 0 atom stereocenters. The highest BCUT2D eigenvalue weighted by Gasteiger charge is 2.09. The van der Waals surface area contributed by atoms with Gasteiger partial charge in [-0.25, -0.2) is 9.97 Å². The number of hydrogen-bond acceptors (Lipinski definition) is 3. The molecule has 1 heterocycles. The second-order valence-electron chi connectivity index (χ2n) is 3.48. The van der Waals surface area contributed by atoms with Crippen LogP contribution in [0.1, 0.15) is 16.2 Å². The zero-order valence-electron chi connectivity index (χ0n) is 9.14. The molecule has 5 heteroatoms. The lowest BCUT2D eigenvalue weighted by Crippen LogP contribution is -2.14. The summed E-state index contributed by atoms with van der Waals surface area (Å²) in [5.74, 6) is -0.248. The fraction of sp³-hybridized carbons (Fsp3) is 0.0833.